The van der Waals surface area contributed by atoms with Crippen LogP contribution in [-0.2, 0) is 12.3 Å². The van der Waals surface area contributed by atoms with E-state index in [1.54, 1.807) is 6.07 Å². The summed E-state index contributed by atoms with van der Waals surface area (Å²) in [5, 5.41) is 3.34. The van der Waals surface area contributed by atoms with Crippen LogP contribution in [-0.4, -0.2) is 12.6 Å². The summed E-state index contributed by atoms with van der Waals surface area (Å²) in [6.45, 7) is 1.98. The Morgan fingerprint density at radius 3 is 2.75 bits per heavy atom. The third-order valence-electron chi connectivity index (χ3n) is 3.12. The van der Waals surface area contributed by atoms with Crippen molar-refractivity contribution < 1.29 is 8.78 Å². The first kappa shape index (κ1) is 11.5. The molecule has 1 aliphatic rings. The summed E-state index contributed by atoms with van der Waals surface area (Å²) in [7, 11) is 0. The lowest BCUT2D eigenvalue weighted by Gasteiger charge is -2.18. The molecular weight excluding hydrogens is 208 g/mol. The first-order valence-corrected chi connectivity index (χ1v) is 5.77. The van der Waals surface area contributed by atoms with Crippen LogP contribution < -0.4 is 5.32 Å². The molecule has 1 fully saturated rings. The van der Waals surface area contributed by atoms with Gasteiger partial charge in [-0.15, -0.1) is 0 Å². The lowest BCUT2D eigenvalue weighted by Crippen LogP contribution is -2.25. The smallest absolute Gasteiger partial charge is 0.270 e. The number of hydrogen-bond donors (Lipinski definition) is 1. The van der Waals surface area contributed by atoms with Crippen LogP contribution in [0.4, 0.5) is 8.78 Å². The van der Waals surface area contributed by atoms with Crippen molar-refractivity contribution in [3.05, 3.63) is 35.4 Å². The Kier molecular flexibility index (Phi) is 3.24. The number of benzene rings is 1. The van der Waals surface area contributed by atoms with E-state index in [-0.39, 0.29) is 5.56 Å². The Morgan fingerprint density at radius 1 is 1.38 bits per heavy atom. The molecule has 0 aromatic heterocycles. The van der Waals surface area contributed by atoms with Crippen LogP contribution in [0, 0.1) is 0 Å². The minimum Gasteiger partial charge on any atom is -0.314 e. The minimum atomic E-state index is -2.74. The van der Waals surface area contributed by atoms with Gasteiger partial charge < -0.3 is 5.32 Å². The molecule has 1 aromatic carbocycles. The van der Waals surface area contributed by atoms with Gasteiger partial charge in [0.05, 0.1) is 0 Å². The van der Waals surface area contributed by atoms with E-state index in [1.807, 2.05) is 12.1 Å². The first-order chi connectivity index (χ1) is 7.57. The zero-order chi connectivity index (χ0) is 11.6. The molecule has 1 atom stereocenters. The van der Waals surface area contributed by atoms with E-state index in [1.165, 1.54) is 6.07 Å². The molecule has 1 saturated heterocycles. The molecule has 0 aliphatic carbocycles. The lowest BCUT2D eigenvalue weighted by atomic mass is 9.96. The molecule has 0 amide bonds. The van der Waals surface area contributed by atoms with Crippen molar-refractivity contribution in [2.75, 3.05) is 6.54 Å². The third-order valence-corrected chi connectivity index (χ3v) is 3.12. The zero-order valence-corrected chi connectivity index (χ0v) is 9.47. The Bertz CT molecular complexity index is 351. The van der Waals surface area contributed by atoms with Crippen molar-refractivity contribution in [3.8, 4) is 0 Å². The van der Waals surface area contributed by atoms with Crippen molar-refractivity contribution >= 4 is 0 Å². The maximum Gasteiger partial charge on any atom is 0.270 e. The van der Waals surface area contributed by atoms with Gasteiger partial charge in [0.25, 0.3) is 5.92 Å². The van der Waals surface area contributed by atoms with E-state index in [2.05, 4.69) is 5.32 Å². The second-order valence-electron chi connectivity index (χ2n) is 4.54. The number of alkyl halides is 2. The van der Waals surface area contributed by atoms with Gasteiger partial charge in [-0.1, -0.05) is 24.3 Å². The van der Waals surface area contributed by atoms with Crippen LogP contribution in [0.3, 0.4) is 0 Å². The summed E-state index contributed by atoms with van der Waals surface area (Å²) in [6.07, 6.45) is 2.94. The van der Waals surface area contributed by atoms with E-state index < -0.39 is 5.92 Å². The fourth-order valence-corrected chi connectivity index (χ4v) is 2.32. The average Bonchev–Trinajstić information content (AvgIpc) is 2.70. The van der Waals surface area contributed by atoms with Gasteiger partial charge in [0, 0.05) is 18.5 Å². The highest BCUT2D eigenvalue weighted by molar-refractivity contribution is 5.31. The van der Waals surface area contributed by atoms with Gasteiger partial charge in [0.1, 0.15) is 0 Å². The van der Waals surface area contributed by atoms with Gasteiger partial charge in [-0.2, -0.15) is 0 Å². The third kappa shape index (κ3) is 2.59. The Hall–Kier alpha value is -0.960. The summed E-state index contributed by atoms with van der Waals surface area (Å²) in [5.41, 5.74) is 0.943. The minimum absolute atomic E-state index is 0.170. The Balaban J connectivity index is 2.19. The molecule has 1 heterocycles. The highest BCUT2D eigenvalue weighted by Crippen LogP contribution is 2.30. The van der Waals surface area contributed by atoms with E-state index >= 15 is 0 Å². The highest BCUT2D eigenvalue weighted by atomic mass is 19.3. The molecule has 0 bridgehead atoms. The summed E-state index contributed by atoms with van der Waals surface area (Å²) >= 11 is 0. The molecular formula is C13H17F2N. The van der Waals surface area contributed by atoms with Crippen molar-refractivity contribution in [2.24, 2.45) is 0 Å². The molecule has 1 aliphatic heterocycles. The highest BCUT2D eigenvalue weighted by Gasteiger charge is 2.28. The van der Waals surface area contributed by atoms with E-state index in [4.69, 9.17) is 0 Å². The summed E-state index contributed by atoms with van der Waals surface area (Å²) in [4.78, 5) is 0. The molecule has 0 radical (unpaired) electrons. The molecule has 88 valence electrons. The zero-order valence-electron chi connectivity index (χ0n) is 9.47. The van der Waals surface area contributed by atoms with E-state index in [0.29, 0.717) is 12.5 Å². The largest absolute Gasteiger partial charge is 0.314 e. The number of nitrogens with one attached hydrogen (secondary N) is 1. The molecule has 0 saturated carbocycles. The van der Waals surface area contributed by atoms with Gasteiger partial charge in [-0.3, -0.25) is 0 Å². The molecule has 16 heavy (non-hydrogen) atoms. The van der Waals surface area contributed by atoms with Crippen LogP contribution in [0.1, 0.15) is 30.9 Å². The predicted octanol–water partition coefficient (Wildman–Crippen LogP) is 3.09. The molecule has 1 unspecified atom stereocenters. The Morgan fingerprint density at radius 2 is 2.12 bits per heavy atom. The SMILES string of the molecule is CC(F)(F)c1ccccc1CC1CCCN1. The van der Waals surface area contributed by atoms with Crippen LogP contribution >= 0.6 is 0 Å². The van der Waals surface area contributed by atoms with Crippen LogP contribution in [0.25, 0.3) is 0 Å². The van der Waals surface area contributed by atoms with Crippen molar-refractivity contribution in [1.82, 2.24) is 5.32 Å². The van der Waals surface area contributed by atoms with Crippen molar-refractivity contribution in [1.29, 1.82) is 0 Å². The van der Waals surface area contributed by atoms with Crippen LogP contribution in [0.5, 0.6) is 0 Å². The summed E-state index contributed by atoms with van der Waals surface area (Å²) in [5.74, 6) is -2.74. The normalized spacial score (nSPS) is 21.3. The second-order valence-corrected chi connectivity index (χ2v) is 4.54. The maximum absolute atomic E-state index is 13.4. The van der Waals surface area contributed by atoms with Gasteiger partial charge in [-0.25, -0.2) is 8.78 Å². The maximum atomic E-state index is 13.4. The fourth-order valence-electron chi connectivity index (χ4n) is 2.32. The predicted molar refractivity (Wildman–Crippen MR) is 60.7 cm³/mol. The van der Waals surface area contributed by atoms with E-state index in [9.17, 15) is 8.78 Å². The Labute approximate surface area is 94.9 Å². The quantitative estimate of drug-likeness (QED) is 0.833. The van der Waals surface area contributed by atoms with Crippen LogP contribution in [0.15, 0.2) is 24.3 Å². The lowest BCUT2D eigenvalue weighted by molar-refractivity contribution is 0.0165. The summed E-state index contributed by atoms with van der Waals surface area (Å²) in [6, 6.07) is 7.22. The molecule has 1 nitrogen and oxygen atoms in total. The average molecular weight is 225 g/mol. The number of hydrogen-bond acceptors (Lipinski definition) is 1. The standard InChI is InChI=1S/C13H17F2N/c1-13(14,15)12-7-3-2-5-10(12)9-11-6-4-8-16-11/h2-3,5,7,11,16H,4,6,8-9H2,1H3. The molecule has 3 heteroatoms. The number of halogens is 2. The van der Waals surface area contributed by atoms with Crippen molar-refractivity contribution in [3.63, 3.8) is 0 Å². The monoisotopic (exact) mass is 225 g/mol. The first-order valence-electron chi connectivity index (χ1n) is 5.77. The van der Waals surface area contributed by atoms with Gasteiger partial charge >= 0.3 is 0 Å². The second kappa shape index (κ2) is 4.50. The van der Waals surface area contributed by atoms with Crippen molar-refractivity contribution in [2.45, 2.75) is 38.2 Å². The van der Waals surface area contributed by atoms with Crippen LogP contribution in [0.2, 0.25) is 0 Å². The molecule has 1 N–H and O–H groups in total. The summed E-state index contributed by atoms with van der Waals surface area (Å²) < 4.78 is 26.7. The molecule has 0 spiro atoms. The van der Waals surface area contributed by atoms with Gasteiger partial charge in [0.15, 0.2) is 0 Å². The molecule has 2 rings (SSSR count). The van der Waals surface area contributed by atoms with E-state index in [0.717, 1.165) is 31.9 Å². The topological polar surface area (TPSA) is 12.0 Å². The fraction of sp³-hybridized carbons (Fsp3) is 0.538. The number of rotatable bonds is 3. The van der Waals surface area contributed by atoms with Gasteiger partial charge in [-0.05, 0) is 31.4 Å². The van der Waals surface area contributed by atoms with Gasteiger partial charge in [0.2, 0.25) is 0 Å². The molecule has 1 aromatic rings.